The van der Waals surface area contributed by atoms with Crippen LogP contribution in [0.2, 0.25) is 0 Å². The average molecular weight is 357 g/mol. The Kier molecular flexibility index (Phi) is 5.16. The fourth-order valence-electron chi connectivity index (χ4n) is 2.43. The summed E-state index contributed by atoms with van der Waals surface area (Å²) in [6.07, 6.45) is 4.98. The number of halogens is 1. The van der Waals surface area contributed by atoms with Crippen molar-refractivity contribution >= 4 is 10.0 Å². The number of aromatic nitrogens is 2. The van der Waals surface area contributed by atoms with Crippen molar-refractivity contribution < 1.29 is 12.8 Å². The molecule has 2 heterocycles. The Labute approximate surface area is 145 Å². The van der Waals surface area contributed by atoms with Crippen molar-refractivity contribution in [3.05, 3.63) is 84.1 Å². The monoisotopic (exact) mass is 357 g/mol. The van der Waals surface area contributed by atoms with Gasteiger partial charge in [-0.15, -0.1) is 0 Å². The smallest absolute Gasteiger partial charge is 0.216 e. The van der Waals surface area contributed by atoms with Gasteiger partial charge in [0.15, 0.2) is 0 Å². The second-order valence-electron chi connectivity index (χ2n) is 5.46. The highest BCUT2D eigenvalue weighted by Gasteiger charge is 2.14. The van der Waals surface area contributed by atoms with E-state index in [2.05, 4.69) is 14.7 Å². The molecule has 1 N–H and O–H groups in total. The van der Waals surface area contributed by atoms with Crippen molar-refractivity contribution in [2.45, 2.75) is 12.3 Å². The van der Waals surface area contributed by atoms with Gasteiger partial charge >= 0.3 is 0 Å². The summed E-state index contributed by atoms with van der Waals surface area (Å²) in [4.78, 5) is 8.38. The third-order valence-corrected chi connectivity index (χ3v) is 4.85. The highest BCUT2D eigenvalue weighted by molar-refractivity contribution is 7.88. The van der Waals surface area contributed by atoms with E-state index in [0.717, 1.165) is 11.1 Å². The lowest BCUT2D eigenvalue weighted by Gasteiger charge is -2.10. The van der Waals surface area contributed by atoms with Gasteiger partial charge in [0.25, 0.3) is 0 Å². The summed E-state index contributed by atoms with van der Waals surface area (Å²) in [6.45, 7) is 0.0930. The van der Waals surface area contributed by atoms with E-state index in [-0.39, 0.29) is 12.3 Å². The van der Waals surface area contributed by atoms with E-state index >= 15 is 0 Å². The molecule has 0 atom stereocenters. The topological polar surface area (TPSA) is 72.0 Å². The first kappa shape index (κ1) is 17.2. The minimum absolute atomic E-state index is 0.0930. The predicted molar refractivity (Wildman–Crippen MR) is 93.3 cm³/mol. The zero-order valence-corrected chi connectivity index (χ0v) is 14.1. The minimum atomic E-state index is -3.61. The molecule has 0 saturated carbocycles. The van der Waals surface area contributed by atoms with Crippen molar-refractivity contribution in [3.8, 4) is 11.3 Å². The van der Waals surface area contributed by atoms with Crippen LogP contribution in [-0.2, 0) is 22.3 Å². The molecule has 3 aromatic rings. The second-order valence-corrected chi connectivity index (χ2v) is 7.27. The van der Waals surface area contributed by atoms with Crippen LogP contribution in [0.3, 0.4) is 0 Å². The van der Waals surface area contributed by atoms with E-state index in [0.29, 0.717) is 11.3 Å². The largest absolute Gasteiger partial charge is 0.264 e. The predicted octanol–water partition coefficient (Wildman–Crippen LogP) is 2.90. The molecular formula is C18H16FN3O2S. The molecule has 0 unspecified atom stereocenters. The van der Waals surface area contributed by atoms with E-state index in [1.807, 2.05) is 6.07 Å². The summed E-state index contributed by atoms with van der Waals surface area (Å²) in [7, 11) is -3.61. The van der Waals surface area contributed by atoms with Crippen LogP contribution in [0.5, 0.6) is 0 Å². The summed E-state index contributed by atoms with van der Waals surface area (Å²) < 4.78 is 40.3. The molecule has 2 aromatic heterocycles. The maximum absolute atomic E-state index is 13.2. The van der Waals surface area contributed by atoms with Gasteiger partial charge in [-0.1, -0.05) is 18.2 Å². The number of nitrogens with zero attached hydrogens (tertiary/aromatic N) is 2. The third-order valence-electron chi connectivity index (χ3n) is 3.55. The Morgan fingerprint density at radius 3 is 2.64 bits per heavy atom. The van der Waals surface area contributed by atoms with E-state index in [4.69, 9.17) is 0 Å². The van der Waals surface area contributed by atoms with Crippen LogP contribution in [0.25, 0.3) is 11.3 Å². The van der Waals surface area contributed by atoms with E-state index in [9.17, 15) is 12.8 Å². The maximum Gasteiger partial charge on any atom is 0.216 e. The normalized spacial score (nSPS) is 11.4. The van der Waals surface area contributed by atoms with Crippen LogP contribution >= 0.6 is 0 Å². The molecule has 0 fully saturated rings. The molecule has 0 amide bonds. The summed E-state index contributed by atoms with van der Waals surface area (Å²) in [5, 5.41) is 0. The number of pyridine rings is 2. The second kappa shape index (κ2) is 7.50. The van der Waals surface area contributed by atoms with Gasteiger partial charge in [0.2, 0.25) is 10.0 Å². The fourth-order valence-corrected chi connectivity index (χ4v) is 3.52. The van der Waals surface area contributed by atoms with Crippen LogP contribution in [0.1, 0.15) is 11.1 Å². The van der Waals surface area contributed by atoms with Crippen LogP contribution < -0.4 is 4.72 Å². The minimum Gasteiger partial charge on any atom is -0.264 e. The van der Waals surface area contributed by atoms with Gasteiger partial charge < -0.3 is 0 Å². The highest BCUT2D eigenvalue weighted by Crippen LogP contribution is 2.20. The molecule has 0 aliphatic rings. The highest BCUT2D eigenvalue weighted by atomic mass is 32.2. The maximum atomic E-state index is 13.2. The Morgan fingerprint density at radius 2 is 1.88 bits per heavy atom. The van der Waals surface area contributed by atoms with Crippen molar-refractivity contribution in [2.75, 3.05) is 0 Å². The van der Waals surface area contributed by atoms with Gasteiger partial charge in [0.05, 0.1) is 11.4 Å². The summed E-state index contributed by atoms with van der Waals surface area (Å²) in [5.74, 6) is -0.744. The van der Waals surface area contributed by atoms with Gasteiger partial charge in [0, 0.05) is 30.7 Å². The third kappa shape index (κ3) is 4.68. The first-order chi connectivity index (χ1) is 12.0. The van der Waals surface area contributed by atoms with E-state index in [1.165, 1.54) is 18.2 Å². The molecule has 0 aliphatic carbocycles. The molecular weight excluding hydrogens is 341 g/mol. The number of hydrogen-bond acceptors (Lipinski definition) is 4. The molecule has 0 radical (unpaired) electrons. The number of nitrogens with one attached hydrogen (secondary N) is 1. The van der Waals surface area contributed by atoms with Crippen LogP contribution in [0.15, 0.2) is 67.1 Å². The molecule has 128 valence electrons. The van der Waals surface area contributed by atoms with Crippen LogP contribution in [-0.4, -0.2) is 18.4 Å². The summed E-state index contributed by atoms with van der Waals surface area (Å²) in [5.41, 5.74) is 2.61. The molecule has 0 bridgehead atoms. The first-order valence-corrected chi connectivity index (χ1v) is 9.25. The Bertz CT molecular complexity index is 963. The zero-order valence-electron chi connectivity index (χ0n) is 13.3. The molecule has 25 heavy (non-hydrogen) atoms. The lowest BCUT2D eigenvalue weighted by Crippen LogP contribution is -2.25. The lowest BCUT2D eigenvalue weighted by atomic mass is 10.1. The molecule has 0 aliphatic heterocycles. The van der Waals surface area contributed by atoms with Crippen LogP contribution in [0.4, 0.5) is 4.39 Å². The number of sulfonamides is 1. The standard InChI is InChI=1S/C18H16FN3O2S/c19-17-7-1-4-14(10-17)13-25(23,24)22-12-16-6-3-9-21-18(16)15-5-2-8-20-11-15/h1-11,22H,12-13H2. The van der Waals surface area contributed by atoms with E-state index < -0.39 is 15.8 Å². The van der Waals surface area contributed by atoms with Gasteiger partial charge in [-0.05, 0) is 41.5 Å². The Hall–Kier alpha value is -2.64. The molecule has 5 nitrogen and oxygen atoms in total. The SMILES string of the molecule is O=S(=O)(Cc1cccc(F)c1)NCc1cccnc1-c1cccnc1. The number of rotatable bonds is 6. The Morgan fingerprint density at radius 1 is 1.04 bits per heavy atom. The lowest BCUT2D eigenvalue weighted by molar-refractivity contribution is 0.580. The van der Waals surface area contributed by atoms with Crippen molar-refractivity contribution in [1.82, 2.24) is 14.7 Å². The quantitative estimate of drug-likeness (QED) is 0.736. The van der Waals surface area contributed by atoms with Crippen LogP contribution in [0, 0.1) is 5.82 Å². The molecule has 0 spiro atoms. The summed E-state index contributed by atoms with van der Waals surface area (Å²) >= 11 is 0. The fraction of sp³-hybridized carbons (Fsp3) is 0.111. The number of benzene rings is 1. The molecule has 0 saturated heterocycles. The molecule has 1 aromatic carbocycles. The Balaban J connectivity index is 1.75. The number of hydrogen-bond donors (Lipinski definition) is 1. The molecule has 7 heteroatoms. The van der Waals surface area contributed by atoms with Gasteiger partial charge in [-0.3, -0.25) is 9.97 Å². The molecule has 3 rings (SSSR count). The van der Waals surface area contributed by atoms with Crippen molar-refractivity contribution in [1.29, 1.82) is 0 Å². The van der Waals surface area contributed by atoms with Crippen molar-refractivity contribution in [2.24, 2.45) is 0 Å². The van der Waals surface area contributed by atoms with Gasteiger partial charge in [-0.25, -0.2) is 17.5 Å². The zero-order chi connectivity index (χ0) is 17.7. The average Bonchev–Trinajstić information content (AvgIpc) is 2.61. The summed E-state index contributed by atoms with van der Waals surface area (Å²) in [6, 6.07) is 12.8. The van der Waals surface area contributed by atoms with Gasteiger partial charge in [-0.2, -0.15) is 0 Å². The van der Waals surface area contributed by atoms with E-state index in [1.54, 1.807) is 42.9 Å². The van der Waals surface area contributed by atoms with Crippen molar-refractivity contribution in [3.63, 3.8) is 0 Å². The first-order valence-electron chi connectivity index (χ1n) is 7.59. The van der Waals surface area contributed by atoms with Gasteiger partial charge in [0.1, 0.15) is 5.82 Å².